The third kappa shape index (κ3) is 3.33. The van der Waals surface area contributed by atoms with Gasteiger partial charge in [0, 0.05) is 25.1 Å². The number of methoxy groups -OCH3 is 1. The van der Waals surface area contributed by atoms with E-state index in [2.05, 4.69) is 36.3 Å². The second kappa shape index (κ2) is 6.73. The van der Waals surface area contributed by atoms with Crippen molar-refractivity contribution in [2.45, 2.75) is 38.3 Å². The largest absolute Gasteiger partial charge is 0.383 e. The summed E-state index contributed by atoms with van der Waals surface area (Å²) in [5.41, 5.74) is 1.48. The molecule has 2 aromatic rings. The molecule has 1 aliphatic rings. The quantitative estimate of drug-likeness (QED) is 0.845. The van der Waals surface area contributed by atoms with Crippen LogP contribution in [0.4, 0.5) is 0 Å². The zero-order chi connectivity index (χ0) is 17.2. The maximum absolute atomic E-state index is 12.9. The van der Waals surface area contributed by atoms with E-state index < -0.39 is 0 Å². The number of hydrogen-bond acceptors (Lipinski definition) is 4. The van der Waals surface area contributed by atoms with Crippen molar-refractivity contribution in [2.75, 3.05) is 20.3 Å². The maximum Gasteiger partial charge on any atom is 0.276 e. The first kappa shape index (κ1) is 16.6. The lowest BCUT2D eigenvalue weighted by Crippen LogP contribution is -2.42. The van der Waals surface area contributed by atoms with Crippen molar-refractivity contribution < 1.29 is 9.53 Å². The van der Waals surface area contributed by atoms with Crippen LogP contribution < -0.4 is 0 Å². The summed E-state index contributed by atoms with van der Waals surface area (Å²) in [5, 5.41) is 8.05. The first-order chi connectivity index (χ1) is 11.5. The highest BCUT2D eigenvalue weighted by molar-refractivity contribution is 5.92. The van der Waals surface area contributed by atoms with Gasteiger partial charge in [-0.2, -0.15) is 0 Å². The van der Waals surface area contributed by atoms with Gasteiger partial charge >= 0.3 is 0 Å². The van der Waals surface area contributed by atoms with Gasteiger partial charge in [-0.3, -0.25) is 4.79 Å². The number of hydrogen-bond donors (Lipinski definition) is 0. The summed E-state index contributed by atoms with van der Waals surface area (Å²) in [6, 6.07) is 10.4. The van der Waals surface area contributed by atoms with Crippen LogP contribution in [0, 0.1) is 0 Å². The van der Waals surface area contributed by atoms with Crippen molar-refractivity contribution in [3.63, 3.8) is 0 Å². The molecular weight excluding hydrogens is 304 g/mol. The van der Waals surface area contributed by atoms with Crippen LogP contribution in [0.15, 0.2) is 36.5 Å². The standard InChI is InChI=1S/C18H24N4O2/c1-18(2)11-15(14-7-5-4-6-8-14)12-22(18)17(23)16-13-21(20-19-16)9-10-24-3/h4-8,13,15H,9-12H2,1-3H3. The normalized spacial score (nSPS) is 19.6. The number of amides is 1. The van der Waals surface area contributed by atoms with Gasteiger partial charge in [0.25, 0.3) is 5.91 Å². The Balaban J connectivity index is 1.75. The highest BCUT2D eigenvalue weighted by atomic mass is 16.5. The minimum absolute atomic E-state index is 0.0536. The Morgan fingerprint density at radius 3 is 2.79 bits per heavy atom. The average Bonchev–Trinajstić information content (AvgIpc) is 3.17. The van der Waals surface area contributed by atoms with Crippen LogP contribution in [0.2, 0.25) is 0 Å². The molecule has 1 amide bonds. The molecule has 1 aliphatic heterocycles. The molecule has 1 saturated heterocycles. The molecule has 6 heteroatoms. The first-order valence-corrected chi connectivity index (χ1v) is 8.27. The topological polar surface area (TPSA) is 60.2 Å². The minimum atomic E-state index is -0.200. The third-order valence-corrected chi connectivity index (χ3v) is 4.68. The molecule has 1 unspecified atom stereocenters. The van der Waals surface area contributed by atoms with Crippen molar-refractivity contribution >= 4 is 5.91 Å². The van der Waals surface area contributed by atoms with Gasteiger partial charge in [-0.25, -0.2) is 4.68 Å². The van der Waals surface area contributed by atoms with Gasteiger partial charge in [0.2, 0.25) is 0 Å². The molecule has 0 bridgehead atoms. The van der Waals surface area contributed by atoms with Crippen molar-refractivity contribution in [3.05, 3.63) is 47.8 Å². The van der Waals surface area contributed by atoms with Gasteiger partial charge in [0.15, 0.2) is 5.69 Å². The van der Waals surface area contributed by atoms with Gasteiger partial charge in [0.1, 0.15) is 0 Å². The molecule has 0 N–H and O–H groups in total. The molecule has 1 aromatic heterocycles. The van der Waals surface area contributed by atoms with Crippen molar-refractivity contribution in [1.29, 1.82) is 0 Å². The average molecular weight is 328 g/mol. The summed E-state index contributed by atoms with van der Waals surface area (Å²) < 4.78 is 6.67. The van der Waals surface area contributed by atoms with E-state index >= 15 is 0 Å². The molecule has 0 aliphatic carbocycles. The molecular formula is C18H24N4O2. The summed E-state index contributed by atoms with van der Waals surface area (Å²) in [4.78, 5) is 14.8. The molecule has 3 rings (SSSR count). The Morgan fingerprint density at radius 2 is 2.08 bits per heavy atom. The lowest BCUT2D eigenvalue weighted by molar-refractivity contribution is 0.0645. The molecule has 0 radical (unpaired) electrons. The van der Waals surface area contributed by atoms with E-state index in [0.717, 1.165) is 6.42 Å². The van der Waals surface area contributed by atoms with E-state index in [9.17, 15) is 4.79 Å². The fourth-order valence-electron chi connectivity index (χ4n) is 3.38. The number of nitrogens with zero attached hydrogens (tertiary/aromatic N) is 4. The van der Waals surface area contributed by atoms with Gasteiger partial charge in [-0.15, -0.1) is 5.10 Å². The van der Waals surface area contributed by atoms with Crippen LogP contribution in [-0.4, -0.2) is 51.6 Å². The van der Waals surface area contributed by atoms with Gasteiger partial charge in [0.05, 0.1) is 19.3 Å². The Kier molecular flexibility index (Phi) is 4.66. The van der Waals surface area contributed by atoms with Crippen LogP contribution >= 0.6 is 0 Å². The van der Waals surface area contributed by atoms with Crippen LogP contribution in [-0.2, 0) is 11.3 Å². The summed E-state index contributed by atoms with van der Waals surface area (Å²) in [6.45, 7) is 6.07. The van der Waals surface area contributed by atoms with Crippen molar-refractivity contribution in [2.24, 2.45) is 0 Å². The van der Waals surface area contributed by atoms with Gasteiger partial charge in [-0.05, 0) is 25.8 Å². The number of rotatable bonds is 5. The second-order valence-corrected chi connectivity index (χ2v) is 6.90. The number of aromatic nitrogens is 3. The molecule has 0 spiro atoms. The number of likely N-dealkylation sites (tertiary alicyclic amines) is 1. The van der Waals surface area contributed by atoms with E-state index in [1.165, 1.54) is 5.56 Å². The summed E-state index contributed by atoms with van der Waals surface area (Å²) >= 11 is 0. The molecule has 6 nitrogen and oxygen atoms in total. The van der Waals surface area contributed by atoms with E-state index in [4.69, 9.17) is 4.74 Å². The predicted octanol–water partition coefficient (Wildman–Crippen LogP) is 2.33. The summed E-state index contributed by atoms with van der Waals surface area (Å²) in [5.74, 6) is 0.302. The molecule has 1 atom stereocenters. The molecule has 2 heterocycles. The number of benzene rings is 1. The fourth-order valence-corrected chi connectivity index (χ4v) is 3.38. The number of ether oxygens (including phenoxy) is 1. The highest BCUT2D eigenvalue weighted by Crippen LogP contribution is 2.39. The summed E-state index contributed by atoms with van der Waals surface area (Å²) in [7, 11) is 1.64. The van der Waals surface area contributed by atoms with Crippen molar-refractivity contribution in [1.82, 2.24) is 19.9 Å². The third-order valence-electron chi connectivity index (χ3n) is 4.68. The van der Waals surface area contributed by atoms with Crippen LogP contribution in [0.3, 0.4) is 0 Å². The summed E-state index contributed by atoms with van der Waals surface area (Å²) in [6.07, 6.45) is 2.65. The molecule has 1 fully saturated rings. The van der Waals surface area contributed by atoms with E-state index in [-0.39, 0.29) is 11.4 Å². The zero-order valence-corrected chi connectivity index (χ0v) is 14.5. The monoisotopic (exact) mass is 328 g/mol. The van der Waals surface area contributed by atoms with E-state index in [1.807, 2.05) is 23.1 Å². The molecule has 128 valence electrons. The smallest absolute Gasteiger partial charge is 0.276 e. The Morgan fingerprint density at radius 1 is 1.33 bits per heavy atom. The maximum atomic E-state index is 12.9. The van der Waals surface area contributed by atoms with Gasteiger partial charge in [-0.1, -0.05) is 35.5 Å². The molecule has 0 saturated carbocycles. The van der Waals surface area contributed by atoms with E-state index in [1.54, 1.807) is 18.0 Å². The predicted molar refractivity (Wildman–Crippen MR) is 90.8 cm³/mol. The van der Waals surface area contributed by atoms with Crippen molar-refractivity contribution in [3.8, 4) is 0 Å². The first-order valence-electron chi connectivity index (χ1n) is 8.27. The van der Waals surface area contributed by atoms with E-state index in [0.29, 0.717) is 31.3 Å². The van der Waals surface area contributed by atoms with Gasteiger partial charge < -0.3 is 9.64 Å². The Hall–Kier alpha value is -2.21. The Bertz CT molecular complexity index is 696. The SMILES string of the molecule is COCCn1cc(C(=O)N2CC(c3ccccc3)CC2(C)C)nn1. The lowest BCUT2D eigenvalue weighted by Gasteiger charge is -2.30. The second-order valence-electron chi connectivity index (χ2n) is 6.90. The van der Waals surface area contributed by atoms with Crippen LogP contribution in [0.5, 0.6) is 0 Å². The van der Waals surface area contributed by atoms with Crippen LogP contribution in [0.1, 0.15) is 42.2 Å². The van der Waals surface area contributed by atoms with Crippen LogP contribution in [0.25, 0.3) is 0 Å². The zero-order valence-electron chi connectivity index (χ0n) is 14.5. The fraction of sp³-hybridized carbons (Fsp3) is 0.500. The number of carbonyl (C=O) groups excluding carboxylic acids is 1. The minimum Gasteiger partial charge on any atom is -0.383 e. The molecule has 1 aromatic carbocycles. The Labute approximate surface area is 142 Å². The number of carbonyl (C=O) groups is 1. The molecule has 24 heavy (non-hydrogen) atoms. The lowest BCUT2D eigenvalue weighted by atomic mass is 9.91. The highest BCUT2D eigenvalue weighted by Gasteiger charge is 2.42.